The van der Waals surface area contributed by atoms with Crippen molar-refractivity contribution in [2.45, 2.75) is 33.6 Å². The molecule has 2 unspecified atom stereocenters. The van der Waals surface area contributed by atoms with E-state index in [9.17, 15) is 4.79 Å². The van der Waals surface area contributed by atoms with E-state index in [0.29, 0.717) is 35.5 Å². The summed E-state index contributed by atoms with van der Waals surface area (Å²) < 4.78 is 6.73. The average molecular weight is 343 g/mol. The number of methoxy groups -OCH3 is 1. The highest BCUT2D eigenvalue weighted by Crippen LogP contribution is 2.24. The Hall–Kier alpha value is -2.44. The number of carbonyl (C=O) groups is 1. The number of aromatic nitrogens is 4. The molecular formula is C18H25N5O2. The first-order valence-corrected chi connectivity index (χ1v) is 8.77. The number of rotatable bonds is 4. The zero-order valence-electron chi connectivity index (χ0n) is 15.3. The Labute approximate surface area is 148 Å². The predicted octanol–water partition coefficient (Wildman–Crippen LogP) is 2.35. The van der Waals surface area contributed by atoms with Gasteiger partial charge in [0.25, 0.3) is 5.91 Å². The lowest BCUT2D eigenvalue weighted by atomic mass is 9.91. The second-order valence-electron chi connectivity index (χ2n) is 6.86. The molecule has 0 aliphatic carbocycles. The van der Waals surface area contributed by atoms with E-state index in [1.807, 2.05) is 11.8 Å². The molecule has 2 aromatic rings. The molecule has 2 atom stereocenters. The Morgan fingerprint density at radius 3 is 2.52 bits per heavy atom. The van der Waals surface area contributed by atoms with E-state index in [1.165, 1.54) is 6.42 Å². The van der Waals surface area contributed by atoms with E-state index in [4.69, 9.17) is 4.74 Å². The van der Waals surface area contributed by atoms with Gasteiger partial charge in [-0.1, -0.05) is 20.8 Å². The molecule has 1 amide bonds. The summed E-state index contributed by atoms with van der Waals surface area (Å²) in [4.78, 5) is 15.0. The molecule has 7 heteroatoms. The number of carbonyl (C=O) groups excluding carboxylic acids is 1. The van der Waals surface area contributed by atoms with Gasteiger partial charge in [-0.25, -0.2) is 4.68 Å². The third-order valence-corrected chi connectivity index (χ3v) is 4.64. The van der Waals surface area contributed by atoms with Crippen LogP contribution < -0.4 is 4.74 Å². The van der Waals surface area contributed by atoms with Crippen LogP contribution in [0.4, 0.5) is 0 Å². The summed E-state index contributed by atoms with van der Waals surface area (Å²) in [5, 5.41) is 12.5. The maximum atomic E-state index is 13.0. The van der Waals surface area contributed by atoms with Crippen LogP contribution in [0.25, 0.3) is 5.82 Å². The number of hydrogen-bond donors (Lipinski definition) is 0. The van der Waals surface area contributed by atoms with Gasteiger partial charge < -0.3 is 9.64 Å². The summed E-state index contributed by atoms with van der Waals surface area (Å²) in [6, 6.07) is 3.52. The molecule has 0 radical (unpaired) electrons. The fourth-order valence-corrected chi connectivity index (χ4v) is 3.62. The van der Waals surface area contributed by atoms with Gasteiger partial charge in [0.2, 0.25) is 5.88 Å². The minimum absolute atomic E-state index is 0.0583. The highest BCUT2D eigenvalue weighted by molar-refractivity contribution is 5.95. The summed E-state index contributed by atoms with van der Waals surface area (Å²) in [6.07, 6.45) is 3.51. The number of likely N-dealkylation sites (tertiary alicyclic amines) is 1. The summed E-state index contributed by atoms with van der Waals surface area (Å²) in [6.45, 7) is 8.03. The molecule has 2 aromatic heterocycles. The van der Waals surface area contributed by atoms with Gasteiger partial charge in [-0.3, -0.25) is 4.79 Å². The van der Waals surface area contributed by atoms with Crippen molar-refractivity contribution in [3.05, 3.63) is 29.6 Å². The average Bonchev–Trinajstić information content (AvgIpc) is 3.04. The fraction of sp³-hybridized carbons (Fsp3) is 0.556. The van der Waals surface area contributed by atoms with Crippen molar-refractivity contribution in [3.63, 3.8) is 0 Å². The number of ether oxygens (including phenoxy) is 1. The van der Waals surface area contributed by atoms with Crippen LogP contribution in [0, 0.1) is 11.8 Å². The summed E-state index contributed by atoms with van der Waals surface area (Å²) >= 11 is 0. The van der Waals surface area contributed by atoms with Crippen molar-refractivity contribution in [3.8, 4) is 11.7 Å². The van der Waals surface area contributed by atoms with Gasteiger partial charge in [0.15, 0.2) is 5.82 Å². The van der Waals surface area contributed by atoms with Crippen LogP contribution in [0.15, 0.2) is 18.3 Å². The lowest BCUT2D eigenvalue weighted by Gasteiger charge is -2.35. The second kappa shape index (κ2) is 7.21. The molecule has 0 bridgehead atoms. The molecule has 0 N–H and O–H groups in total. The van der Waals surface area contributed by atoms with E-state index < -0.39 is 0 Å². The van der Waals surface area contributed by atoms with E-state index in [-0.39, 0.29) is 5.91 Å². The van der Waals surface area contributed by atoms with Crippen LogP contribution in [-0.2, 0) is 6.42 Å². The maximum Gasteiger partial charge on any atom is 0.257 e. The number of nitrogens with zero attached hydrogens (tertiary/aromatic N) is 5. The fourth-order valence-electron chi connectivity index (χ4n) is 3.62. The standard InChI is InChI=1S/C18H25N5O2/c1-5-15-14(18(24)22-10-12(2)8-13(3)11-22)9-19-23(15)16-6-7-17(25-4)21-20-16/h6-7,9,12-13H,5,8,10-11H2,1-4H3. The van der Waals surface area contributed by atoms with Gasteiger partial charge in [0.1, 0.15) is 0 Å². The van der Waals surface area contributed by atoms with Gasteiger partial charge in [0.05, 0.1) is 24.6 Å². The van der Waals surface area contributed by atoms with Crippen molar-refractivity contribution in [1.29, 1.82) is 0 Å². The highest BCUT2D eigenvalue weighted by Gasteiger charge is 2.28. The predicted molar refractivity (Wildman–Crippen MR) is 93.9 cm³/mol. The van der Waals surface area contributed by atoms with Crippen molar-refractivity contribution in [1.82, 2.24) is 24.9 Å². The molecule has 1 saturated heterocycles. The van der Waals surface area contributed by atoms with Crippen molar-refractivity contribution in [2.75, 3.05) is 20.2 Å². The van der Waals surface area contributed by atoms with Crippen molar-refractivity contribution >= 4 is 5.91 Å². The van der Waals surface area contributed by atoms with Gasteiger partial charge in [-0.2, -0.15) is 5.10 Å². The van der Waals surface area contributed by atoms with E-state index in [0.717, 1.165) is 18.8 Å². The smallest absolute Gasteiger partial charge is 0.257 e. The maximum absolute atomic E-state index is 13.0. The minimum Gasteiger partial charge on any atom is -0.480 e. The van der Waals surface area contributed by atoms with Crippen LogP contribution in [-0.4, -0.2) is 51.0 Å². The highest BCUT2D eigenvalue weighted by atomic mass is 16.5. The Bertz CT molecular complexity index is 730. The Kier molecular flexibility index (Phi) is 5.01. The van der Waals surface area contributed by atoms with Crippen LogP contribution in [0.2, 0.25) is 0 Å². The molecule has 0 aromatic carbocycles. The zero-order valence-corrected chi connectivity index (χ0v) is 15.3. The first-order chi connectivity index (χ1) is 12.0. The summed E-state index contributed by atoms with van der Waals surface area (Å²) in [5.74, 6) is 2.14. The molecule has 3 rings (SSSR count). The van der Waals surface area contributed by atoms with Crippen LogP contribution in [0.1, 0.15) is 43.2 Å². The largest absolute Gasteiger partial charge is 0.480 e. The van der Waals surface area contributed by atoms with Gasteiger partial charge in [0, 0.05) is 19.2 Å². The molecule has 25 heavy (non-hydrogen) atoms. The first kappa shape index (κ1) is 17.4. The third kappa shape index (κ3) is 3.50. The second-order valence-corrected chi connectivity index (χ2v) is 6.86. The topological polar surface area (TPSA) is 73.1 Å². The normalized spacial score (nSPS) is 20.6. The molecular weight excluding hydrogens is 318 g/mol. The molecule has 0 saturated carbocycles. The van der Waals surface area contributed by atoms with E-state index in [2.05, 4.69) is 29.1 Å². The van der Waals surface area contributed by atoms with Gasteiger partial charge in [-0.05, 0) is 30.7 Å². The SMILES string of the molecule is CCc1c(C(=O)N2CC(C)CC(C)C2)cnn1-c1ccc(OC)nn1. The molecule has 134 valence electrons. The van der Waals surface area contributed by atoms with Gasteiger partial charge in [-0.15, -0.1) is 10.2 Å². The Balaban J connectivity index is 1.89. The Morgan fingerprint density at radius 2 is 1.96 bits per heavy atom. The van der Waals surface area contributed by atoms with E-state index in [1.54, 1.807) is 30.1 Å². The van der Waals surface area contributed by atoms with Crippen LogP contribution in [0.5, 0.6) is 5.88 Å². The van der Waals surface area contributed by atoms with E-state index >= 15 is 0 Å². The number of amides is 1. The molecule has 7 nitrogen and oxygen atoms in total. The van der Waals surface area contributed by atoms with Crippen molar-refractivity contribution < 1.29 is 9.53 Å². The number of hydrogen-bond acceptors (Lipinski definition) is 5. The molecule has 0 spiro atoms. The van der Waals surface area contributed by atoms with Crippen LogP contribution >= 0.6 is 0 Å². The third-order valence-electron chi connectivity index (χ3n) is 4.64. The van der Waals surface area contributed by atoms with Crippen molar-refractivity contribution in [2.24, 2.45) is 11.8 Å². The number of piperidine rings is 1. The first-order valence-electron chi connectivity index (χ1n) is 8.77. The molecule has 1 aliphatic rings. The van der Waals surface area contributed by atoms with Crippen LogP contribution in [0.3, 0.4) is 0 Å². The summed E-state index contributed by atoms with van der Waals surface area (Å²) in [5.41, 5.74) is 1.51. The monoisotopic (exact) mass is 343 g/mol. The Morgan fingerprint density at radius 1 is 1.24 bits per heavy atom. The quantitative estimate of drug-likeness (QED) is 0.852. The zero-order chi connectivity index (χ0) is 18.0. The van der Waals surface area contributed by atoms with Gasteiger partial charge >= 0.3 is 0 Å². The summed E-state index contributed by atoms with van der Waals surface area (Å²) in [7, 11) is 1.55. The minimum atomic E-state index is 0.0583. The molecule has 3 heterocycles. The molecule has 1 fully saturated rings. The lowest BCUT2D eigenvalue weighted by molar-refractivity contribution is 0.0622. The lowest BCUT2D eigenvalue weighted by Crippen LogP contribution is -2.42. The molecule has 1 aliphatic heterocycles.